The number of nitrogens with zero attached hydrogens (tertiary/aromatic N) is 1. The summed E-state index contributed by atoms with van der Waals surface area (Å²) in [6, 6.07) is 0.386. The van der Waals surface area contributed by atoms with Crippen molar-refractivity contribution in [3.8, 4) is 0 Å². The zero-order valence-corrected chi connectivity index (χ0v) is 13.4. The lowest BCUT2D eigenvalue weighted by Gasteiger charge is -2.49. The van der Waals surface area contributed by atoms with Gasteiger partial charge in [0.1, 0.15) is 5.60 Å². The second-order valence-electron chi connectivity index (χ2n) is 7.78. The molecule has 1 saturated carbocycles. The number of carbonyl (C=O) groups is 1. The minimum atomic E-state index is -0.410. The summed E-state index contributed by atoms with van der Waals surface area (Å²) in [5, 5.41) is 0. The van der Waals surface area contributed by atoms with E-state index in [1.54, 1.807) is 0 Å². The second-order valence-corrected chi connectivity index (χ2v) is 7.78. The first-order chi connectivity index (χ1) is 9.22. The normalized spacial score (nSPS) is 35.1. The largest absolute Gasteiger partial charge is 0.444 e. The number of likely N-dealkylation sites (tertiary alicyclic amines) is 1. The van der Waals surface area contributed by atoms with Gasteiger partial charge in [-0.1, -0.05) is 6.92 Å². The van der Waals surface area contributed by atoms with Gasteiger partial charge >= 0.3 is 6.09 Å². The summed E-state index contributed by atoms with van der Waals surface area (Å²) in [7, 11) is 0. The Hall–Kier alpha value is -0.770. The number of nitrogens with two attached hydrogens (primary N) is 1. The molecule has 4 nitrogen and oxygen atoms in total. The fourth-order valence-corrected chi connectivity index (χ4v) is 3.67. The molecule has 0 aromatic heterocycles. The molecular weight excluding hydrogens is 252 g/mol. The molecular formula is C16H30N2O2. The van der Waals surface area contributed by atoms with Gasteiger partial charge in [-0.2, -0.15) is 0 Å². The van der Waals surface area contributed by atoms with Gasteiger partial charge in [-0.15, -0.1) is 0 Å². The number of piperidine rings is 1. The van der Waals surface area contributed by atoms with E-state index in [1.165, 1.54) is 12.8 Å². The standard InChI is InChI=1S/C16H30N2O2/c1-12-11-18(14(19)20-15(2,3)4)10-9-16(12)7-5-13(17)6-8-16/h12-13H,5-11,17H2,1-4H3. The summed E-state index contributed by atoms with van der Waals surface area (Å²) in [6.45, 7) is 9.69. The van der Waals surface area contributed by atoms with Crippen molar-refractivity contribution in [3.05, 3.63) is 0 Å². The summed E-state index contributed by atoms with van der Waals surface area (Å²) < 4.78 is 5.49. The molecule has 1 saturated heterocycles. The summed E-state index contributed by atoms with van der Waals surface area (Å²) in [5.41, 5.74) is 6.03. The lowest BCUT2D eigenvalue weighted by Crippen LogP contribution is -2.51. The maximum Gasteiger partial charge on any atom is 0.410 e. The number of hydrogen-bond acceptors (Lipinski definition) is 3. The maximum absolute atomic E-state index is 12.2. The monoisotopic (exact) mass is 282 g/mol. The van der Waals surface area contributed by atoms with Crippen molar-refractivity contribution in [1.82, 2.24) is 4.90 Å². The number of carbonyl (C=O) groups excluding carboxylic acids is 1. The summed E-state index contributed by atoms with van der Waals surface area (Å²) in [6.07, 6.45) is 5.65. The van der Waals surface area contributed by atoms with Gasteiger partial charge in [-0.3, -0.25) is 0 Å². The van der Waals surface area contributed by atoms with Crippen molar-refractivity contribution in [2.24, 2.45) is 17.1 Å². The van der Waals surface area contributed by atoms with Crippen LogP contribution in [0.4, 0.5) is 4.79 Å². The minimum absolute atomic E-state index is 0.160. The first kappa shape index (κ1) is 15.6. The van der Waals surface area contributed by atoms with Gasteiger partial charge in [0.2, 0.25) is 0 Å². The predicted octanol–water partition coefficient (Wildman–Crippen LogP) is 3.15. The van der Waals surface area contributed by atoms with Gasteiger partial charge in [-0.25, -0.2) is 4.79 Å². The highest BCUT2D eigenvalue weighted by molar-refractivity contribution is 5.68. The summed E-state index contributed by atoms with van der Waals surface area (Å²) >= 11 is 0. The molecule has 0 bridgehead atoms. The van der Waals surface area contributed by atoms with Crippen LogP contribution < -0.4 is 5.73 Å². The van der Waals surface area contributed by atoms with Crippen LogP contribution in [0.3, 0.4) is 0 Å². The van der Waals surface area contributed by atoms with Crippen LogP contribution in [0.2, 0.25) is 0 Å². The first-order valence-electron chi connectivity index (χ1n) is 7.95. The Balaban J connectivity index is 1.94. The predicted molar refractivity (Wildman–Crippen MR) is 80.5 cm³/mol. The minimum Gasteiger partial charge on any atom is -0.444 e. The van der Waals surface area contributed by atoms with E-state index < -0.39 is 5.60 Å². The molecule has 2 aliphatic rings. The van der Waals surface area contributed by atoms with Gasteiger partial charge in [-0.05, 0) is 64.2 Å². The highest BCUT2D eigenvalue weighted by Crippen LogP contribution is 2.47. The van der Waals surface area contributed by atoms with Crippen LogP contribution in [-0.2, 0) is 4.74 Å². The van der Waals surface area contributed by atoms with E-state index in [2.05, 4.69) is 6.92 Å². The average molecular weight is 282 g/mol. The molecule has 0 radical (unpaired) electrons. The zero-order chi connectivity index (χ0) is 15.0. The lowest BCUT2D eigenvalue weighted by atomic mass is 9.62. The maximum atomic E-state index is 12.2. The van der Waals surface area contributed by atoms with Crippen molar-refractivity contribution < 1.29 is 9.53 Å². The van der Waals surface area contributed by atoms with Crippen LogP contribution in [0.1, 0.15) is 59.8 Å². The van der Waals surface area contributed by atoms with Gasteiger partial charge in [0.25, 0.3) is 0 Å². The van der Waals surface area contributed by atoms with Crippen LogP contribution in [-0.4, -0.2) is 35.7 Å². The van der Waals surface area contributed by atoms with E-state index in [4.69, 9.17) is 10.5 Å². The molecule has 1 aliphatic carbocycles. The summed E-state index contributed by atoms with van der Waals surface area (Å²) in [5.74, 6) is 0.538. The first-order valence-corrected chi connectivity index (χ1v) is 7.95. The molecule has 116 valence electrons. The Morgan fingerprint density at radius 1 is 1.25 bits per heavy atom. The average Bonchev–Trinajstić information content (AvgIpc) is 2.34. The van der Waals surface area contributed by atoms with Crippen LogP contribution in [0.5, 0.6) is 0 Å². The SMILES string of the molecule is CC1CN(C(=O)OC(C)(C)C)CCC12CCC(N)CC2. The van der Waals surface area contributed by atoms with Crippen LogP contribution >= 0.6 is 0 Å². The Morgan fingerprint density at radius 3 is 2.35 bits per heavy atom. The van der Waals surface area contributed by atoms with E-state index in [9.17, 15) is 4.79 Å². The molecule has 2 rings (SSSR count). The van der Waals surface area contributed by atoms with E-state index >= 15 is 0 Å². The Kier molecular flexibility index (Phi) is 4.33. The fourth-order valence-electron chi connectivity index (χ4n) is 3.67. The molecule has 2 fully saturated rings. The summed E-state index contributed by atoms with van der Waals surface area (Å²) in [4.78, 5) is 14.1. The van der Waals surface area contributed by atoms with Crippen molar-refractivity contribution in [2.45, 2.75) is 71.4 Å². The molecule has 2 N–H and O–H groups in total. The van der Waals surface area contributed by atoms with Crippen LogP contribution in [0.25, 0.3) is 0 Å². The van der Waals surface area contributed by atoms with E-state index in [0.29, 0.717) is 17.4 Å². The molecule has 1 unspecified atom stereocenters. The smallest absolute Gasteiger partial charge is 0.410 e. The zero-order valence-electron chi connectivity index (χ0n) is 13.4. The van der Waals surface area contributed by atoms with Crippen molar-refractivity contribution in [3.63, 3.8) is 0 Å². The highest BCUT2D eigenvalue weighted by atomic mass is 16.6. The quantitative estimate of drug-likeness (QED) is 0.742. The van der Waals surface area contributed by atoms with Crippen molar-refractivity contribution in [1.29, 1.82) is 0 Å². The third kappa shape index (κ3) is 3.46. The molecule has 1 aliphatic heterocycles. The molecule has 1 amide bonds. The van der Waals surface area contributed by atoms with E-state index in [1.807, 2.05) is 25.7 Å². The molecule has 0 aromatic rings. The number of rotatable bonds is 0. The highest BCUT2D eigenvalue weighted by Gasteiger charge is 2.43. The molecule has 20 heavy (non-hydrogen) atoms. The number of hydrogen-bond donors (Lipinski definition) is 1. The van der Waals surface area contributed by atoms with Crippen molar-refractivity contribution >= 4 is 6.09 Å². The number of amides is 1. The van der Waals surface area contributed by atoms with Gasteiger partial charge in [0.15, 0.2) is 0 Å². The fraction of sp³-hybridized carbons (Fsp3) is 0.938. The van der Waals surface area contributed by atoms with Crippen LogP contribution in [0.15, 0.2) is 0 Å². The van der Waals surface area contributed by atoms with Gasteiger partial charge in [0.05, 0.1) is 0 Å². The lowest BCUT2D eigenvalue weighted by molar-refractivity contribution is -0.0188. The molecule has 1 spiro atoms. The second kappa shape index (κ2) is 5.55. The van der Waals surface area contributed by atoms with Crippen LogP contribution in [0, 0.1) is 11.3 Å². The molecule has 1 atom stereocenters. The third-order valence-electron chi connectivity index (χ3n) is 5.10. The Bertz CT molecular complexity index is 354. The van der Waals surface area contributed by atoms with Gasteiger partial charge < -0.3 is 15.4 Å². The van der Waals surface area contributed by atoms with Crippen molar-refractivity contribution in [2.75, 3.05) is 13.1 Å². The molecule has 4 heteroatoms. The number of ether oxygens (including phenoxy) is 1. The molecule has 0 aromatic carbocycles. The molecule has 1 heterocycles. The topological polar surface area (TPSA) is 55.6 Å². The Labute approximate surface area is 123 Å². The van der Waals surface area contributed by atoms with E-state index in [0.717, 1.165) is 32.4 Å². The Morgan fingerprint density at radius 2 is 1.85 bits per heavy atom. The third-order valence-corrected chi connectivity index (χ3v) is 5.10. The van der Waals surface area contributed by atoms with E-state index in [-0.39, 0.29) is 6.09 Å². The van der Waals surface area contributed by atoms with Gasteiger partial charge in [0, 0.05) is 19.1 Å².